The maximum Gasteiger partial charge on any atom is 0.303 e. The Kier molecular flexibility index (Phi) is 7.27. The molecule has 4 rings (SSSR count). The van der Waals surface area contributed by atoms with E-state index in [1.54, 1.807) is 25.6 Å². The molecule has 11 heteroatoms. The number of ether oxygens (including phenoxy) is 1. The van der Waals surface area contributed by atoms with Crippen LogP contribution in [0.5, 0.6) is 0 Å². The Morgan fingerprint density at radius 2 is 2.03 bits per heavy atom. The molecule has 1 saturated heterocycles. The Morgan fingerprint density at radius 3 is 2.69 bits per heavy atom. The molecule has 1 amide bonds. The van der Waals surface area contributed by atoms with Gasteiger partial charge in [-0.25, -0.2) is 15.0 Å². The van der Waals surface area contributed by atoms with Gasteiger partial charge in [0.2, 0.25) is 11.7 Å². The lowest BCUT2D eigenvalue weighted by atomic mass is 10.1. The van der Waals surface area contributed by atoms with Crippen molar-refractivity contribution in [1.82, 2.24) is 24.8 Å². The highest BCUT2D eigenvalue weighted by Crippen LogP contribution is 2.31. The second kappa shape index (κ2) is 10.4. The third-order valence-electron chi connectivity index (χ3n) is 5.59. The SMILES string of the molecule is CO[C@H]1CCN(Cc2ccc(-c3cnc(NC(C)=O)cc3Nc3ccnc(C(C)(F)F)n3)nc2)C1. The van der Waals surface area contributed by atoms with Gasteiger partial charge in [-0.1, -0.05) is 6.07 Å². The van der Waals surface area contributed by atoms with Gasteiger partial charge in [0.15, 0.2) is 0 Å². The molecule has 0 saturated carbocycles. The van der Waals surface area contributed by atoms with E-state index in [-0.39, 0.29) is 17.8 Å². The van der Waals surface area contributed by atoms with Crippen molar-refractivity contribution >= 4 is 23.2 Å². The van der Waals surface area contributed by atoms with Crippen LogP contribution in [0.1, 0.15) is 31.7 Å². The molecule has 0 radical (unpaired) electrons. The number of rotatable bonds is 8. The normalized spacial score (nSPS) is 16.3. The van der Waals surface area contributed by atoms with Gasteiger partial charge in [-0.3, -0.25) is 14.7 Å². The summed E-state index contributed by atoms with van der Waals surface area (Å²) in [6, 6.07) is 6.96. The molecule has 0 bridgehead atoms. The number of methoxy groups -OCH3 is 1. The van der Waals surface area contributed by atoms with E-state index in [0.29, 0.717) is 22.8 Å². The van der Waals surface area contributed by atoms with E-state index in [2.05, 4.69) is 35.5 Å². The van der Waals surface area contributed by atoms with E-state index >= 15 is 0 Å². The van der Waals surface area contributed by atoms with Crippen molar-refractivity contribution in [2.24, 2.45) is 0 Å². The van der Waals surface area contributed by atoms with Gasteiger partial charge in [0, 0.05) is 70.8 Å². The van der Waals surface area contributed by atoms with E-state index in [0.717, 1.165) is 38.5 Å². The molecule has 9 nitrogen and oxygen atoms in total. The Morgan fingerprint density at radius 1 is 1.20 bits per heavy atom. The van der Waals surface area contributed by atoms with E-state index < -0.39 is 11.7 Å². The lowest BCUT2D eigenvalue weighted by Crippen LogP contribution is -2.22. The number of alkyl halides is 2. The van der Waals surface area contributed by atoms with Crippen molar-refractivity contribution < 1.29 is 18.3 Å². The Hall–Kier alpha value is -3.57. The van der Waals surface area contributed by atoms with Crippen molar-refractivity contribution in [3.63, 3.8) is 0 Å². The summed E-state index contributed by atoms with van der Waals surface area (Å²) in [4.78, 5) is 30.3. The summed E-state index contributed by atoms with van der Waals surface area (Å²) in [6.45, 7) is 4.74. The van der Waals surface area contributed by atoms with Crippen molar-refractivity contribution in [1.29, 1.82) is 0 Å². The third-order valence-corrected chi connectivity index (χ3v) is 5.59. The first kappa shape index (κ1) is 24.6. The fourth-order valence-corrected chi connectivity index (χ4v) is 3.86. The number of likely N-dealkylation sites (tertiary alicyclic amines) is 1. The molecule has 2 N–H and O–H groups in total. The van der Waals surface area contributed by atoms with Gasteiger partial charge in [-0.15, -0.1) is 0 Å². The topological polar surface area (TPSA) is 105 Å². The number of amides is 1. The summed E-state index contributed by atoms with van der Waals surface area (Å²) in [5, 5.41) is 5.67. The van der Waals surface area contributed by atoms with E-state index in [1.807, 2.05) is 12.1 Å². The average Bonchev–Trinajstić information content (AvgIpc) is 3.27. The molecule has 35 heavy (non-hydrogen) atoms. The minimum absolute atomic E-state index is 0.177. The molecule has 1 aliphatic rings. The minimum Gasteiger partial charge on any atom is -0.380 e. The second-order valence-electron chi connectivity index (χ2n) is 8.51. The van der Waals surface area contributed by atoms with Crippen LogP contribution < -0.4 is 10.6 Å². The van der Waals surface area contributed by atoms with E-state index in [9.17, 15) is 13.6 Å². The number of carbonyl (C=O) groups excluding carboxylic acids is 1. The first-order chi connectivity index (χ1) is 16.7. The molecule has 1 fully saturated rings. The number of aromatic nitrogens is 4. The number of carbonyl (C=O) groups is 1. The highest BCUT2D eigenvalue weighted by Gasteiger charge is 2.28. The van der Waals surface area contributed by atoms with Crippen LogP contribution in [-0.4, -0.2) is 57.0 Å². The maximum atomic E-state index is 13.7. The zero-order chi connectivity index (χ0) is 25.0. The van der Waals surface area contributed by atoms with Crippen molar-refractivity contribution in [3.05, 3.63) is 54.2 Å². The minimum atomic E-state index is -3.18. The molecule has 184 valence electrons. The van der Waals surface area contributed by atoms with E-state index in [1.165, 1.54) is 19.2 Å². The van der Waals surface area contributed by atoms with Gasteiger partial charge in [0.05, 0.1) is 17.5 Å². The maximum absolute atomic E-state index is 13.7. The van der Waals surface area contributed by atoms with Crippen LogP contribution in [0.4, 0.5) is 26.1 Å². The Balaban J connectivity index is 1.60. The first-order valence-corrected chi connectivity index (χ1v) is 11.2. The van der Waals surface area contributed by atoms with Gasteiger partial charge in [0.25, 0.3) is 0 Å². The van der Waals surface area contributed by atoms with Crippen LogP contribution in [0.15, 0.2) is 42.9 Å². The quantitative estimate of drug-likeness (QED) is 0.496. The summed E-state index contributed by atoms with van der Waals surface area (Å²) in [5.74, 6) is -3.59. The summed E-state index contributed by atoms with van der Waals surface area (Å²) in [6.07, 6.45) is 5.91. The Labute approximate surface area is 202 Å². The molecule has 1 atom stereocenters. The number of halogens is 2. The average molecular weight is 484 g/mol. The van der Waals surface area contributed by atoms with Crippen LogP contribution in [0, 0.1) is 0 Å². The molecule has 0 unspecified atom stereocenters. The highest BCUT2D eigenvalue weighted by molar-refractivity contribution is 5.89. The summed E-state index contributed by atoms with van der Waals surface area (Å²) < 4.78 is 32.9. The zero-order valence-corrected chi connectivity index (χ0v) is 19.8. The standard InChI is InChI=1S/C24H27F2N7O2/c1-15(34)30-22-10-20(31-21-6-8-27-23(32-21)24(2,25)26)18(12-29-22)19-5-4-16(11-28-19)13-33-9-7-17(14-33)35-3/h4-6,8,10-12,17H,7,9,13-14H2,1-3H3,(H2,27,29,30,31,32,34)/t17-/m0/s1. The van der Waals surface area contributed by atoms with Crippen molar-refractivity contribution in [2.75, 3.05) is 30.8 Å². The summed E-state index contributed by atoms with van der Waals surface area (Å²) in [5.41, 5.74) is 2.81. The smallest absolute Gasteiger partial charge is 0.303 e. The second-order valence-corrected chi connectivity index (χ2v) is 8.51. The summed E-state index contributed by atoms with van der Waals surface area (Å²) >= 11 is 0. The first-order valence-electron chi connectivity index (χ1n) is 11.2. The highest BCUT2D eigenvalue weighted by atomic mass is 19.3. The number of nitrogens with zero attached hydrogens (tertiary/aromatic N) is 5. The molecule has 0 spiro atoms. The van der Waals surface area contributed by atoms with E-state index in [4.69, 9.17) is 4.74 Å². The van der Waals surface area contributed by atoms with Gasteiger partial charge >= 0.3 is 5.92 Å². The van der Waals surface area contributed by atoms with Gasteiger partial charge in [-0.2, -0.15) is 8.78 Å². The largest absolute Gasteiger partial charge is 0.380 e. The fraction of sp³-hybridized carbons (Fsp3) is 0.375. The van der Waals surface area contributed by atoms with Crippen LogP contribution >= 0.6 is 0 Å². The molecular weight excluding hydrogens is 456 g/mol. The number of hydrogen-bond donors (Lipinski definition) is 2. The molecule has 0 aliphatic carbocycles. The molecular formula is C24H27F2N7O2. The van der Waals surface area contributed by atoms with Crippen LogP contribution in [-0.2, 0) is 22.0 Å². The van der Waals surface area contributed by atoms with Gasteiger partial charge in [-0.05, 0) is 24.1 Å². The summed E-state index contributed by atoms with van der Waals surface area (Å²) in [7, 11) is 1.73. The molecule has 3 aromatic heterocycles. The predicted molar refractivity (Wildman–Crippen MR) is 127 cm³/mol. The van der Waals surface area contributed by atoms with Gasteiger partial charge in [0.1, 0.15) is 11.6 Å². The zero-order valence-electron chi connectivity index (χ0n) is 19.8. The molecule has 4 heterocycles. The lowest BCUT2D eigenvalue weighted by molar-refractivity contribution is -0.114. The molecule has 3 aromatic rings. The third kappa shape index (κ3) is 6.31. The Bertz CT molecular complexity index is 1190. The fourth-order valence-electron chi connectivity index (χ4n) is 3.86. The lowest BCUT2D eigenvalue weighted by Gasteiger charge is -2.16. The van der Waals surface area contributed by atoms with Gasteiger partial charge < -0.3 is 15.4 Å². The number of nitrogens with one attached hydrogen (secondary N) is 2. The van der Waals surface area contributed by atoms with Crippen LogP contribution in [0.25, 0.3) is 11.3 Å². The number of hydrogen-bond acceptors (Lipinski definition) is 8. The number of pyridine rings is 2. The predicted octanol–water partition coefficient (Wildman–Crippen LogP) is 3.97. The molecule has 1 aliphatic heterocycles. The van der Waals surface area contributed by atoms with Crippen molar-refractivity contribution in [2.45, 2.75) is 38.8 Å². The number of anilines is 3. The van der Waals surface area contributed by atoms with Crippen molar-refractivity contribution in [3.8, 4) is 11.3 Å². The molecule has 0 aromatic carbocycles. The monoisotopic (exact) mass is 483 g/mol. The van der Waals surface area contributed by atoms with Crippen LogP contribution in [0.3, 0.4) is 0 Å². The van der Waals surface area contributed by atoms with Crippen LogP contribution in [0.2, 0.25) is 0 Å².